The quantitative estimate of drug-likeness (QED) is 0.798. The normalized spacial score (nSPS) is 28.2. The van der Waals surface area contributed by atoms with E-state index >= 15 is 0 Å². The van der Waals surface area contributed by atoms with Gasteiger partial charge in [-0.05, 0) is 30.2 Å². The Morgan fingerprint density at radius 2 is 1.96 bits per heavy atom. The lowest BCUT2D eigenvalue weighted by Gasteiger charge is -2.43. The number of nitrogens with zero attached hydrogens (tertiary/aromatic N) is 2. The average Bonchev–Trinajstić information content (AvgIpc) is 2.60. The van der Waals surface area contributed by atoms with Gasteiger partial charge in [-0.15, -0.1) is 0 Å². The number of aryl methyl sites for hydroxylation is 1. The smallest absolute Gasteiger partial charge is 0.227 e. The Labute approximate surface area is 146 Å². The van der Waals surface area contributed by atoms with Crippen molar-refractivity contribution < 1.29 is 24.1 Å². The molecule has 2 fully saturated rings. The molecule has 2 aliphatic rings. The average molecular weight is 352 g/mol. The lowest BCUT2D eigenvalue weighted by Crippen LogP contribution is -2.60. The van der Waals surface area contributed by atoms with Crippen LogP contribution in [-0.4, -0.2) is 83.6 Å². The number of aliphatic hydroxyl groups is 2. The minimum Gasteiger partial charge on any atom is -0.389 e. The first kappa shape index (κ1) is 18.3. The summed E-state index contributed by atoms with van der Waals surface area (Å²) in [5.41, 5.74) is 1.62. The van der Waals surface area contributed by atoms with Crippen molar-refractivity contribution in [3.05, 3.63) is 35.1 Å². The van der Waals surface area contributed by atoms with Gasteiger partial charge in [0, 0.05) is 26.2 Å². The Morgan fingerprint density at radius 1 is 1.24 bits per heavy atom. The summed E-state index contributed by atoms with van der Waals surface area (Å²) in [5, 5.41) is 19.9. The maximum Gasteiger partial charge on any atom is 0.227 e. The summed E-state index contributed by atoms with van der Waals surface area (Å²) < 4.78 is 18.5. The van der Waals surface area contributed by atoms with Crippen LogP contribution in [0.5, 0.6) is 0 Å². The third-order valence-electron chi connectivity index (χ3n) is 5.15. The van der Waals surface area contributed by atoms with Crippen LogP contribution in [0.25, 0.3) is 0 Å². The summed E-state index contributed by atoms with van der Waals surface area (Å²) in [7, 11) is 0. The molecule has 25 heavy (non-hydrogen) atoms. The van der Waals surface area contributed by atoms with Gasteiger partial charge in [-0.1, -0.05) is 6.07 Å². The molecule has 0 bridgehead atoms. The second kappa shape index (κ2) is 7.78. The van der Waals surface area contributed by atoms with E-state index < -0.39 is 12.2 Å². The molecule has 0 aromatic heterocycles. The van der Waals surface area contributed by atoms with Gasteiger partial charge in [-0.3, -0.25) is 9.69 Å². The molecule has 0 aliphatic carbocycles. The Balaban J connectivity index is 1.54. The van der Waals surface area contributed by atoms with Crippen molar-refractivity contribution >= 4 is 5.91 Å². The van der Waals surface area contributed by atoms with E-state index in [1.165, 1.54) is 12.1 Å². The molecule has 3 rings (SSSR count). The van der Waals surface area contributed by atoms with Crippen molar-refractivity contribution in [2.45, 2.75) is 31.6 Å². The van der Waals surface area contributed by atoms with Crippen molar-refractivity contribution in [2.24, 2.45) is 0 Å². The van der Waals surface area contributed by atoms with Crippen LogP contribution in [0.2, 0.25) is 0 Å². The zero-order valence-corrected chi connectivity index (χ0v) is 14.4. The number of carbonyl (C=O) groups is 1. The molecule has 0 spiro atoms. The van der Waals surface area contributed by atoms with Crippen molar-refractivity contribution in [2.75, 3.05) is 39.4 Å². The maximum atomic E-state index is 13.2. The minimum absolute atomic E-state index is 0.0230. The summed E-state index contributed by atoms with van der Waals surface area (Å²) in [5.74, 6) is -0.271. The van der Waals surface area contributed by atoms with E-state index in [0.29, 0.717) is 32.8 Å². The molecule has 2 heterocycles. The molecule has 1 aromatic carbocycles. The maximum absolute atomic E-state index is 13.2. The number of aliphatic hydroxyl groups excluding tert-OH is 2. The number of rotatable bonds is 3. The van der Waals surface area contributed by atoms with Crippen molar-refractivity contribution in [1.29, 1.82) is 0 Å². The van der Waals surface area contributed by atoms with E-state index in [9.17, 15) is 19.4 Å². The fourth-order valence-corrected chi connectivity index (χ4v) is 3.52. The van der Waals surface area contributed by atoms with E-state index in [4.69, 9.17) is 4.74 Å². The van der Waals surface area contributed by atoms with Gasteiger partial charge in [0.25, 0.3) is 0 Å². The van der Waals surface area contributed by atoms with Crippen LogP contribution >= 0.6 is 0 Å². The van der Waals surface area contributed by atoms with E-state index in [-0.39, 0.29) is 30.8 Å². The van der Waals surface area contributed by atoms with Crippen LogP contribution in [0.4, 0.5) is 4.39 Å². The van der Waals surface area contributed by atoms with E-state index in [0.717, 1.165) is 11.1 Å². The number of piperazine rings is 1. The molecule has 0 unspecified atom stereocenters. The highest BCUT2D eigenvalue weighted by molar-refractivity contribution is 5.79. The van der Waals surface area contributed by atoms with E-state index in [1.54, 1.807) is 17.9 Å². The first-order chi connectivity index (χ1) is 12.0. The van der Waals surface area contributed by atoms with Crippen LogP contribution in [-0.2, 0) is 16.0 Å². The highest BCUT2D eigenvalue weighted by Gasteiger charge is 2.37. The molecule has 0 saturated carbocycles. The second-order valence-corrected chi connectivity index (χ2v) is 6.83. The molecule has 2 N–H and O–H groups in total. The topological polar surface area (TPSA) is 73.2 Å². The Kier molecular flexibility index (Phi) is 5.68. The first-order valence-electron chi connectivity index (χ1n) is 8.66. The molecule has 1 amide bonds. The lowest BCUT2D eigenvalue weighted by atomic mass is 10.0. The minimum atomic E-state index is -0.861. The molecule has 2 saturated heterocycles. The molecular weight excluding hydrogens is 327 g/mol. The Bertz CT molecular complexity index is 619. The predicted molar refractivity (Wildman–Crippen MR) is 89.6 cm³/mol. The van der Waals surface area contributed by atoms with Gasteiger partial charge in [-0.2, -0.15) is 0 Å². The van der Waals surface area contributed by atoms with Crippen LogP contribution in [0.1, 0.15) is 11.1 Å². The van der Waals surface area contributed by atoms with Crippen molar-refractivity contribution in [3.8, 4) is 0 Å². The number of benzene rings is 1. The number of hydrogen-bond donors (Lipinski definition) is 2. The van der Waals surface area contributed by atoms with E-state index in [2.05, 4.69) is 4.90 Å². The highest BCUT2D eigenvalue weighted by atomic mass is 19.1. The van der Waals surface area contributed by atoms with Crippen LogP contribution in [0, 0.1) is 12.7 Å². The molecule has 0 radical (unpaired) electrons. The van der Waals surface area contributed by atoms with Gasteiger partial charge >= 0.3 is 0 Å². The fraction of sp³-hybridized carbons (Fsp3) is 0.611. The predicted octanol–water partition coefficient (Wildman–Crippen LogP) is -0.0586. The first-order valence-corrected chi connectivity index (χ1v) is 8.66. The molecule has 7 heteroatoms. The Morgan fingerprint density at radius 3 is 2.64 bits per heavy atom. The molecule has 138 valence electrons. The third-order valence-corrected chi connectivity index (χ3v) is 5.15. The molecule has 2 aliphatic heterocycles. The van der Waals surface area contributed by atoms with Gasteiger partial charge in [0.1, 0.15) is 11.9 Å². The van der Waals surface area contributed by atoms with E-state index in [1.807, 2.05) is 0 Å². The standard InChI is InChI=1S/C18H25FN2O4/c1-12-8-14(19)3-2-13(12)9-17(23)21-6-4-20(5-7-21)15-10-25-11-16(22)18(15)24/h2-3,8,15-16,18,22,24H,4-7,9-11H2,1H3/t15-,16-,18+/m1/s1. The van der Waals surface area contributed by atoms with Crippen molar-refractivity contribution in [3.63, 3.8) is 0 Å². The van der Waals surface area contributed by atoms with Crippen LogP contribution < -0.4 is 0 Å². The van der Waals surface area contributed by atoms with Crippen LogP contribution in [0.15, 0.2) is 18.2 Å². The summed E-state index contributed by atoms with van der Waals surface area (Å²) in [6, 6.07) is 4.25. The van der Waals surface area contributed by atoms with Gasteiger partial charge in [-0.25, -0.2) is 4.39 Å². The Hall–Kier alpha value is -1.54. The fourth-order valence-electron chi connectivity index (χ4n) is 3.52. The summed E-state index contributed by atoms with van der Waals surface area (Å²) in [6.07, 6.45) is -1.42. The molecule has 1 aromatic rings. The number of ether oxygens (including phenoxy) is 1. The summed E-state index contributed by atoms with van der Waals surface area (Å²) in [6.45, 7) is 4.75. The number of carbonyl (C=O) groups excluding carboxylic acids is 1. The van der Waals surface area contributed by atoms with Gasteiger partial charge < -0.3 is 19.8 Å². The molecule has 3 atom stereocenters. The number of amides is 1. The largest absolute Gasteiger partial charge is 0.389 e. The summed E-state index contributed by atoms with van der Waals surface area (Å²) >= 11 is 0. The van der Waals surface area contributed by atoms with Gasteiger partial charge in [0.2, 0.25) is 5.91 Å². The molecular formula is C18H25FN2O4. The summed E-state index contributed by atoms with van der Waals surface area (Å²) in [4.78, 5) is 16.4. The zero-order valence-electron chi connectivity index (χ0n) is 14.4. The van der Waals surface area contributed by atoms with Crippen LogP contribution in [0.3, 0.4) is 0 Å². The zero-order chi connectivity index (χ0) is 18.0. The van der Waals surface area contributed by atoms with Crippen molar-refractivity contribution in [1.82, 2.24) is 9.80 Å². The highest BCUT2D eigenvalue weighted by Crippen LogP contribution is 2.18. The second-order valence-electron chi connectivity index (χ2n) is 6.83. The number of halogens is 1. The monoisotopic (exact) mass is 352 g/mol. The van der Waals surface area contributed by atoms with Gasteiger partial charge in [0.15, 0.2) is 0 Å². The third kappa shape index (κ3) is 4.17. The molecule has 6 nitrogen and oxygen atoms in total. The van der Waals surface area contributed by atoms with Gasteiger partial charge in [0.05, 0.1) is 31.8 Å². The number of hydrogen-bond acceptors (Lipinski definition) is 5. The SMILES string of the molecule is Cc1cc(F)ccc1CC(=O)N1CCN([C@@H]2COC[C@@H](O)[C@H]2O)CC1. The lowest BCUT2D eigenvalue weighted by molar-refractivity contribution is -0.144.